The van der Waals surface area contributed by atoms with E-state index in [0.717, 1.165) is 28.2 Å². The van der Waals surface area contributed by atoms with E-state index in [9.17, 15) is 0 Å². The molecule has 3 aromatic heterocycles. The lowest BCUT2D eigenvalue weighted by Crippen LogP contribution is -2.06. The standard InChI is InChI=1S/C20H24N6/c1-12(2)14-7-19(26-23-10-14)25-20-16(13-5-3-4-6-13)9-17-18(24-20)8-15(21)11-22-17/h7-13H,3-6,21H2,1-2H3,(H,24,25,26). The Labute approximate surface area is 153 Å². The van der Waals surface area contributed by atoms with E-state index in [4.69, 9.17) is 10.7 Å². The van der Waals surface area contributed by atoms with E-state index in [-0.39, 0.29) is 0 Å². The Balaban J connectivity index is 1.78. The van der Waals surface area contributed by atoms with Crippen LogP contribution < -0.4 is 11.1 Å². The molecule has 0 aliphatic heterocycles. The van der Waals surface area contributed by atoms with Gasteiger partial charge in [0, 0.05) is 5.56 Å². The Bertz CT molecular complexity index is 931. The van der Waals surface area contributed by atoms with Gasteiger partial charge in [-0.05, 0) is 48.4 Å². The highest BCUT2D eigenvalue weighted by Gasteiger charge is 2.22. The van der Waals surface area contributed by atoms with Gasteiger partial charge in [-0.3, -0.25) is 4.98 Å². The molecule has 3 heterocycles. The highest BCUT2D eigenvalue weighted by atomic mass is 15.2. The zero-order valence-electron chi connectivity index (χ0n) is 15.2. The van der Waals surface area contributed by atoms with Crippen LogP contribution in [0.25, 0.3) is 11.0 Å². The first-order chi connectivity index (χ1) is 12.6. The van der Waals surface area contributed by atoms with Gasteiger partial charge < -0.3 is 11.1 Å². The highest BCUT2D eigenvalue weighted by molar-refractivity contribution is 5.81. The number of rotatable bonds is 4. The summed E-state index contributed by atoms with van der Waals surface area (Å²) in [6.07, 6.45) is 8.41. The molecule has 0 bridgehead atoms. The normalized spacial score (nSPS) is 15.0. The van der Waals surface area contributed by atoms with Crippen LogP contribution in [0.1, 0.15) is 62.5 Å². The number of pyridine rings is 2. The summed E-state index contributed by atoms with van der Waals surface area (Å²) in [7, 11) is 0. The molecule has 1 saturated carbocycles. The minimum Gasteiger partial charge on any atom is -0.397 e. The quantitative estimate of drug-likeness (QED) is 0.720. The maximum Gasteiger partial charge on any atom is 0.154 e. The Morgan fingerprint density at radius 3 is 2.65 bits per heavy atom. The van der Waals surface area contributed by atoms with Gasteiger partial charge in [0.2, 0.25) is 0 Å². The minimum atomic E-state index is 0.397. The average molecular weight is 348 g/mol. The Morgan fingerprint density at radius 2 is 1.88 bits per heavy atom. The third kappa shape index (κ3) is 3.31. The Kier molecular flexibility index (Phi) is 4.41. The van der Waals surface area contributed by atoms with E-state index in [2.05, 4.69) is 40.4 Å². The number of nitrogen functional groups attached to an aromatic ring is 1. The number of anilines is 3. The second kappa shape index (κ2) is 6.86. The van der Waals surface area contributed by atoms with Crippen LogP contribution in [0.3, 0.4) is 0 Å². The summed E-state index contributed by atoms with van der Waals surface area (Å²) in [4.78, 5) is 9.28. The summed E-state index contributed by atoms with van der Waals surface area (Å²) in [5.74, 6) is 2.47. The Hall–Kier alpha value is -2.76. The molecular formula is C20H24N6. The molecule has 6 heteroatoms. The van der Waals surface area contributed by atoms with Crippen molar-refractivity contribution < 1.29 is 0 Å². The van der Waals surface area contributed by atoms with Gasteiger partial charge >= 0.3 is 0 Å². The van der Waals surface area contributed by atoms with Gasteiger partial charge in [0.15, 0.2) is 5.82 Å². The van der Waals surface area contributed by atoms with Gasteiger partial charge in [-0.25, -0.2) is 4.98 Å². The first-order valence-corrected chi connectivity index (χ1v) is 9.26. The molecule has 3 aromatic rings. The van der Waals surface area contributed by atoms with Crippen LogP contribution in [0, 0.1) is 0 Å². The molecule has 3 N–H and O–H groups in total. The van der Waals surface area contributed by atoms with E-state index < -0.39 is 0 Å². The lowest BCUT2D eigenvalue weighted by atomic mass is 9.97. The van der Waals surface area contributed by atoms with E-state index >= 15 is 0 Å². The van der Waals surface area contributed by atoms with Gasteiger partial charge in [-0.1, -0.05) is 26.7 Å². The summed E-state index contributed by atoms with van der Waals surface area (Å²) in [5.41, 5.74) is 10.5. The van der Waals surface area contributed by atoms with Crippen molar-refractivity contribution in [3.63, 3.8) is 0 Å². The van der Waals surface area contributed by atoms with E-state index in [0.29, 0.717) is 17.5 Å². The summed E-state index contributed by atoms with van der Waals surface area (Å²) >= 11 is 0. The number of hydrogen-bond donors (Lipinski definition) is 2. The van der Waals surface area contributed by atoms with Crippen LogP contribution in [0.5, 0.6) is 0 Å². The summed E-state index contributed by atoms with van der Waals surface area (Å²) in [6.45, 7) is 4.29. The lowest BCUT2D eigenvalue weighted by Gasteiger charge is -2.17. The molecule has 0 atom stereocenters. The monoisotopic (exact) mass is 348 g/mol. The number of nitrogens with two attached hydrogens (primary N) is 1. The molecule has 1 fully saturated rings. The predicted molar refractivity (Wildman–Crippen MR) is 105 cm³/mol. The maximum atomic E-state index is 5.89. The zero-order valence-corrected chi connectivity index (χ0v) is 15.2. The summed E-state index contributed by atoms with van der Waals surface area (Å²) in [5, 5.41) is 11.8. The molecule has 1 aliphatic carbocycles. The van der Waals surface area contributed by atoms with E-state index in [1.165, 1.54) is 31.2 Å². The number of aromatic nitrogens is 4. The lowest BCUT2D eigenvalue weighted by molar-refractivity contribution is 0.723. The van der Waals surface area contributed by atoms with Crippen molar-refractivity contribution in [3.05, 3.63) is 41.7 Å². The van der Waals surface area contributed by atoms with Gasteiger partial charge in [0.1, 0.15) is 5.82 Å². The number of fused-ring (bicyclic) bond motifs is 1. The molecule has 0 unspecified atom stereocenters. The first-order valence-electron chi connectivity index (χ1n) is 9.26. The number of nitrogens with zero attached hydrogens (tertiary/aromatic N) is 4. The van der Waals surface area contributed by atoms with Crippen molar-refractivity contribution in [1.29, 1.82) is 0 Å². The van der Waals surface area contributed by atoms with Crippen molar-refractivity contribution in [1.82, 2.24) is 20.2 Å². The molecule has 6 nitrogen and oxygen atoms in total. The Morgan fingerprint density at radius 1 is 1.08 bits per heavy atom. The van der Waals surface area contributed by atoms with Crippen LogP contribution in [0.15, 0.2) is 30.6 Å². The minimum absolute atomic E-state index is 0.397. The van der Waals surface area contributed by atoms with E-state index in [1.54, 1.807) is 6.20 Å². The van der Waals surface area contributed by atoms with Crippen LogP contribution in [0.2, 0.25) is 0 Å². The van der Waals surface area contributed by atoms with Gasteiger partial charge in [0.25, 0.3) is 0 Å². The fourth-order valence-corrected chi connectivity index (χ4v) is 3.61. The van der Waals surface area contributed by atoms with Crippen molar-refractivity contribution in [2.45, 2.75) is 51.4 Å². The predicted octanol–water partition coefficient (Wildman–Crippen LogP) is 4.53. The van der Waals surface area contributed by atoms with Crippen LogP contribution in [-0.4, -0.2) is 20.2 Å². The van der Waals surface area contributed by atoms with E-state index in [1.807, 2.05) is 18.3 Å². The second-order valence-corrected chi connectivity index (χ2v) is 7.37. The van der Waals surface area contributed by atoms with Crippen molar-refractivity contribution in [3.8, 4) is 0 Å². The first kappa shape index (κ1) is 16.7. The average Bonchev–Trinajstić information content (AvgIpc) is 3.16. The second-order valence-electron chi connectivity index (χ2n) is 7.37. The largest absolute Gasteiger partial charge is 0.397 e. The molecule has 0 aromatic carbocycles. The molecule has 0 saturated heterocycles. The molecule has 134 valence electrons. The molecule has 0 amide bonds. The van der Waals surface area contributed by atoms with Crippen molar-refractivity contribution in [2.24, 2.45) is 0 Å². The summed E-state index contributed by atoms with van der Waals surface area (Å²) in [6, 6.07) is 6.06. The smallest absolute Gasteiger partial charge is 0.154 e. The van der Waals surface area contributed by atoms with Crippen LogP contribution >= 0.6 is 0 Å². The van der Waals surface area contributed by atoms with Gasteiger partial charge in [0.05, 0.1) is 29.1 Å². The highest BCUT2D eigenvalue weighted by Crippen LogP contribution is 2.39. The molecule has 26 heavy (non-hydrogen) atoms. The number of hydrogen-bond acceptors (Lipinski definition) is 6. The fourth-order valence-electron chi connectivity index (χ4n) is 3.61. The molecule has 4 rings (SSSR count). The SMILES string of the molecule is CC(C)c1cnnc(Nc2nc3cc(N)cnc3cc2C2CCCC2)c1. The summed E-state index contributed by atoms with van der Waals surface area (Å²) < 4.78 is 0. The molecule has 0 spiro atoms. The van der Waals surface area contributed by atoms with Gasteiger partial charge in [-0.15, -0.1) is 5.10 Å². The molecule has 1 aliphatic rings. The van der Waals surface area contributed by atoms with Crippen LogP contribution in [0.4, 0.5) is 17.3 Å². The van der Waals surface area contributed by atoms with Gasteiger partial charge in [-0.2, -0.15) is 5.10 Å². The van der Waals surface area contributed by atoms with Crippen LogP contribution in [-0.2, 0) is 0 Å². The third-order valence-corrected chi connectivity index (χ3v) is 5.10. The fraction of sp³-hybridized carbons (Fsp3) is 0.400. The third-order valence-electron chi connectivity index (χ3n) is 5.10. The topological polar surface area (TPSA) is 89.6 Å². The molecule has 0 radical (unpaired) electrons. The number of nitrogens with one attached hydrogen (secondary N) is 1. The maximum absolute atomic E-state index is 5.89. The molecular weight excluding hydrogens is 324 g/mol. The van der Waals surface area contributed by atoms with Crippen molar-refractivity contribution in [2.75, 3.05) is 11.1 Å². The zero-order chi connectivity index (χ0) is 18.1. The van der Waals surface area contributed by atoms with Crippen molar-refractivity contribution >= 4 is 28.4 Å².